The summed E-state index contributed by atoms with van der Waals surface area (Å²) < 4.78 is 13.1. The zero-order valence-electron chi connectivity index (χ0n) is 14.9. The molecular weight excluding hydrogens is 321 g/mol. The molecule has 0 bridgehead atoms. The van der Waals surface area contributed by atoms with Gasteiger partial charge in [0.2, 0.25) is 5.91 Å². The summed E-state index contributed by atoms with van der Waals surface area (Å²) in [6.07, 6.45) is 1.79. The van der Waals surface area contributed by atoms with Crippen molar-refractivity contribution in [2.24, 2.45) is 5.92 Å². The third-order valence-electron chi connectivity index (χ3n) is 5.60. The molecule has 2 fully saturated rings. The predicted octanol–water partition coefficient (Wildman–Crippen LogP) is 1.57. The number of halogens is 1. The quantitative estimate of drug-likeness (QED) is 0.896. The van der Waals surface area contributed by atoms with Crippen LogP contribution in [0.25, 0.3) is 0 Å². The number of carbonyl (C=O) groups is 1. The summed E-state index contributed by atoms with van der Waals surface area (Å²) in [5, 5.41) is 9.23. The van der Waals surface area contributed by atoms with Crippen LogP contribution in [0, 0.1) is 11.7 Å². The molecule has 2 aliphatic rings. The Morgan fingerprint density at radius 1 is 1.12 bits per heavy atom. The lowest BCUT2D eigenvalue weighted by Gasteiger charge is -2.41. The van der Waals surface area contributed by atoms with E-state index in [2.05, 4.69) is 9.80 Å². The minimum atomic E-state index is -0.216. The second-order valence-corrected chi connectivity index (χ2v) is 7.13. The molecule has 25 heavy (non-hydrogen) atoms. The average molecular weight is 349 g/mol. The van der Waals surface area contributed by atoms with E-state index < -0.39 is 0 Å². The highest BCUT2D eigenvalue weighted by Crippen LogP contribution is 2.20. The SMILES string of the molecule is CC(C(=O)N1CCC(CO)CC1)N1CCN(c2ccc(F)cc2)CC1. The summed E-state index contributed by atoms with van der Waals surface area (Å²) >= 11 is 0. The van der Waals surface area contributed by atoms with Crippen molar-refractivity contribution < 1.29 is 14.3 Å². The Morgan fingerprint density at radius 3 is 2.28 bits per heavy atom. The van der Waals surface area contributed by atoms with Crippen LogP contribution >= 0.6 is 0 Å². The van der Waals surface area contributed by atoms with E-state index >= 15 is 0 Å². The molecule has 1 aromatic rings. The van der Waals surface area contributed by atoms with Gasteiger partial charge in [-0.1, -0.05) is 0 Å². The van der Waals surface area contributed by atoms with E-state index in [4.69, 9.17) is 0 Å². The molecule has 1 N–H and O–H groups in total. The van der Waals surface area contributed by atoms with Crippen LogP contribution in [0.5, 0.6) is 0 Å². The average Bonchev–Trinajstić information content (AvgIpc) is 2.67. The number of likely N-dealkylation sites (tertiary alicyclic amines) is 1. The lowest BCUT2D eigenvalue weighted by molar-refractivity contribution is -0.138. The van der Waals surface area contributed by atoms with E-state index in [1.54, 1.807) is 0 Å². The first-order chi connectivity index (χ1) is 12.1. The molecular formula is C19H28FN3O2. The van der Waals surface area contributed by atoms with Gasteiger partial charge >= 0.3 is 0 Å². The molecule has 1 aromatic carbocycles. The lowest BCUT2D eigenvalue weighted by Crippen LogP contribution is -2.55. The number of hydrogen-bond donors (Lipinski definition) is 1. The Hall–Kier alpha value is -1.66. The lowest BCUT2D eigenvalue weighted by atomic mass is 9.97. The maximum absolute atomic E-state index is 13.1. The van der Waals surface area contributed by atoms with Gasteiger partial charge in [-0.15, -0.1) is 0 Å². The Morgan fingerprint density at radius 2 is 1.72 bits per heavy atom. The Bertz CT molecular complexity index is 565. The molecule has 2 heterocycles. The van der Waals surface area contributed by atoms with Crippen molar-refractivity contribution >= 4 is 11.6 Å². The van der Waals surface area contributed by atoms with Crippen molar-refractivity contribution in [2.45, 2.75) is 25.8 Å². The van der Waals surface area contributed by atoms with Crippen LogP contribution in [0.2, 0.25) is 0 Å². The van der Waals surface area contributed by atoms with Crippen molar-refractivity contribution in [2.75, 3.05) is 50.8 Å². The van der Waals surface area contributed by atoms with Crippen LogP contribution < -0.4 is 4.90 Å². The molecule has 2 aliphatic heterocycles. The fraction of sp³-hybridized carbons (Fsp3) is 0.632. The van der Waals surface area contributed by atoms with E-state index in [9.17, 15) is 14.3 Å². The van der Waals surface area contributed by atoms with E-state index in [0.29, 0.717) is 5.92 Å². The number of aliphatic hydroxyl groups excluding tert-OH is 1. The number of rotatable bonds is 4. The van der Waals surface area contributed by atoms with Crippen LogP contribution in [-0.4, -0.2) is 72.7 Å². The number of piperazine rings is 1. The number of nitrogens with zero attached hydrogens (tertiary/aromatic N) is 3. The van der Waals surface area contributed by atoms with Gasteiger partial charge in [-0.3, -0.25) is 9.69 Å². The molecule has 5 nitrogen and oxygen atoms in total. The van der Waals surface area contributed by atoms with Crippen LogP contribution in [0.3, 0.4) is 0 Å². The van der Waals surface area contributed by atoms with Crippen molar-refractivity contribution in [1.29, 1.82) is 0 Å². The molecule has 1 unspecified atom stereocenters. The first kappa shape index (κ1) is 18.1. The van der Waals surface area contributed by atoms with E-state index in [0.717, 1.165) is 57.8 Å². The molecule has 0 radical (unpaired) electrons. The van der Waals surface area contributed by atoms with Crippen molar-refractivity contribution in [3.8, 4) is 0 Å². The van der Waals surface area contributed by atoms with Gasteiger partial charge in [-0.2, -0.15) is 0 Å². The summed E-state index contributed by atoms with van der Waals surface area (Å²) in [5.41, 5.74) is 1.03. The van der Waals surface area contributed by atoms with Crippen molar-refractivity contribution in [3.63, 3.8) is 0 Å². The second-order valence-electron chi connectivity index (χ2n) is 7.13. The van der Waals surface area contributed by atoms with Crippen LogP contribution in [0.15, 0.2) is 24.3 Å². The van der Waals surface area contributed by atoms with E-state index in [1.165, 1.54) is 12.1 Å². The monoisotopic (exact) mass is 349 g/mol. The van der Waals surface area contributed by atoms with Crippen LogP contribution in [-0.2, 0) is 4.79 Å². The normalized spacial score (nSPS) is 21.4. The fourth-order valence-corrected chi connectivity index (χ4v) is 3.78. The van der Waals surface area contributed by atoms with E-state index in [1.807, 2.05) is 24.0 Å². The van der Waals surface area contributed by atoms with Gasteiger partial charge in [0.05, 0.1) is 6.04 Å². The molecule has 1 atom stereocenters. The van der Waals surface area contributed by atoms with Crippen LogP contribution in [0.4, 0.5) is 10.1 Å². The summed E-state index contributed by atoms with van der Waals surface area (Å²) in [4.78, 5) is 19.2. The van der Waals surface area contributed by atoms with Crippen LogP contribution in [0.1, 0.15) is 19.8 Å². The minimum Gasteiger partial charge on any atom is -0.396 e. The summed E-state index contributed by atoms with van der Waals surface area (Å²) in [6.45, 7) is 7.07. The second kappa shape index (κ2) is 8.15. The molecule has 0 aliphatic carbocycles. The van der Waals surface area contributed by atoms with E-state index in [-0.39, 0.29) is 24.4 Å². The topological polar surface area (TPSA) is 47.0 Å². The Kier molecular flexibility index (Phi) is 5.91. The number of amides is 1. The standard InChI is InChI=1S/C19H28FN3O2/c1-15(19(25)23-8-6-16(14-24)7-9-23)21-10-12-22(13-11-21)18-4-2-17(20)3-5-18/h2-5,15-16,24H,6-14H2,1H3. The molecule has 6 heteroatoms. The van der Waals surface area contributed by atoms with Gasteiger partial charge in [-0.05, 0) is 49.9 Å². The highest BCUT2D eigenvalue weighted by molar-refractivity contribution is 5.81. The molecule has 2 saturated heterocycles. The zero-order valence-corrected chi connectivity index (χ0v) is 14.9. The fourth-order valence-electron chi connectivity index (χ4n) is 3.78. The Labute approximate surface area is 149 Å². The molecule has 0 spiro atoms. The number of benzene rings is 1. The summed E-state index contributed by atoms with van der Waals surface area (Å²) in [7, 11) is 0. The third kappa shape index (κ3) is 4.30. The number of hydrogen-bond acceptors (Lipinski definition) is 4. The van der Waals surface area contributed by atoms with Gasteiger partial charge in [0, 0.05) is 51.6 Å². The van der Waals surface area contributed by atoms with Crippen molar-refractivity contribution in [1.82, 2.24) is 9.80 Å². The molecule has 0 aromatic heterocycles. The largest absolute Gasteiger partial charge is 0.396 e. The first-order valence-corrected chi connectivity index (χ1v) is 9.22. The zero-order chi connectivity index (χ0) is 17.8. The molecule has 138 valence electrons. The number of piperidine rings is 1. The maximum Gasteiger partial charge on any atom is 0.239 e. The predicted molar refractivity (Wildman–Crippen MR) is 96.0 cm³/mol. The molecule has 3 rings (SSSR count). The smallest absolute Gasteiger partial charge is 0.239 e. The maximum atomic E-state index is 13.1. The summed E-state index contributed by atoms with van der Waals surface area (Å²) in [5.74, 6) is 0.330. The third-order valence-corrected chi connectivity index (χ3v) is 5.60. The van der Waals surface area contributed by atoms with Gasteiger partial charge < -0.3 is 14.9 Å². The van der Waals surface area contributed by atoms with Gasteiger partial charge in [0.25, 0.3) is 0 Å². The van der Waals surface area contributed by atoms with Gasteiger partial charge in [0.1, 0.15) is 5.82 Å². The highest BCUT2D eigenvalue weighted by Gasteiger charge is 2.30. The van der Waals surface area contributed by atoms with Crippen molar-refractivity contribution in [3.05, 3.63) is 30.1 Å². The first-order valence-electron chi connectivity index (χ1n) is 9.22. The molecule has 0 saturated carbocycles. The number of carbonyl (C=O) groups excluding carboxylic acids is 1. The molecule has 1 amide bonds. The minimum absolute atomic E-state index is 0.110. The number of anilines is 1. The Balaban J connectivity index is 1.50. The van der Waals surface area contributed by atoms with Gasteiger partial charge in [-0.25, -0.2) is 4.39 Å². The highest BCUT2D eigenvalue weighted by atomic mass is 19.1. The summed E-state index contributed by atoms with van der Waals surface area (Å²) in [6, 6.07) is 6.49. The number of aliphatic hydroxyl groups is 1. The van der Waals surface area contributed by atoms with Gasteiger partial charge in [0.15, 0.2) is 0 Å².